The molecule has 1 fully saturated rings. The van der Waals surface area contributed by atoms with Gasteiger partial charge in [-0.05, 0) is 39.3 Å². The second kappa shape index (κ2) is 8.01. The molecule has 0 radical (unpaired) electrons. The highest BCUT2D eigenvalue weighted by Crippen LogP contribution is 2.25. The number of aryl methyl sites for hydroxylation is 2. The van der Waals surface area contributed by atoms with Crippen molar-refractivity contribution >= 4 is 18.3 Å². The van der Waals surface area contributed by atoms with Gasteiger partial charge in [0.25, 0.3) is 5.91 Å². The van der Waals surface area contributed by atoms with E-state index in [1.54, 1.807) is 0 Å². The van der Waals surface area contributed by atoms with Crippen LogP contribution in [0.15, 0.2) is 6.07 Å². The van der Waals surface area contributed by atoms with Gasteiger partial charge in [0.1, 0.15) is 5.69 Å². The molecule has 1 aliphatic heterocycles. The van der Waals surface area contributed by atoms with E-state index < -0.39 is 0 Å². The molecule has 2 aromatic rings. The molecule has 3 heterocycles. The number of nitrogens with one attached hydrogen (secondary N) is 2. The van der Waals surface area contributed by atoms with E-state index in [9.17, 15) is 4.79 Å². The first-order chi connectivity index (χ1) is 11.5. The molecule has 2 N–H and O–H groups in total. The van der Waals surface area contributed by atoms with Crippen molar-refractivity contribution in [2.24, 2.45) is 7.05 Å². The van der Waals surface area contributed by atoms with Gasteiger partial charge in [0.05, 0.1) is 11.4 Å². The summed E-state index contributed by atoms with van der Waals surface area (Å²) in [7, 11) is 1.92. The average molecular weight is 367 g/mol. The number of hydrogen-bond donors (Lipinski definition) is 2. The molecule has 3 rings (SSSR count). The normalized spacial score (nSPS) is 16.7. The maximum atomic E-state index is 12.9. The molecule has 1 amide bonds. The molecule has 0 spiro atoms. The van der Waals surface area contributed by atoms with Crippen LogP contribution in [-0.4, -0.2) is 56.5 Å². The molecule has 0 saturated carbocycles. The molecule has 1 aliphatic rings. The zero-order chi connectivity index (χ0) is 17.3. The van der Waals surface area contributed by atoms with E-state index in [0.717, 1.165) is 55.1 Å². The van der Waals surface area contributed by atoms with Crippen molar-refractivity contribution in [1.29, 1.82) is 0 Å². The number of nitrogens with zero attached hydrogens (tertiary/aromatic N) is 4. The highest BCUT2D eigenvalue weighted by atomic mass is 35.5. The molecule has 0 bridgehead atoms. The monoisotopic (exact) mass is 366 g/mol. The Morgan fingerprint density at radius 3 is 2.76 bits per heavy atom. The van der Waals surface area contributed by atoms with Crippen LogP contribution in [0.1, 0.15) is 41.6 Å². The first-order valence-corrected chi connectivity index (χ1v) is 8.60. The van der Waals surface area contributed by atoms with Crippen LogP contribution in [0.4, 0.5) is 0 Å². The van der Waals surface area contributed by atoms with Crippen molar-refractivity contribution in [2.75, 3.05) is 19.6 Å². The molecule has 0 aliphatic carbocycles. The van der Waals surface area contributed by atoms with Gasteiger partial charge in [-0.15, -0.1) is 12.4 Å². The predicted molar refractivity (Wildman–Crippen MR) is 100 cm³/mol. The minimum absolute atomic E-state index is 0. The number of hydrogen-bond acceptors (Lipinski definition) is 4. The molecule has 1 atom stereocenters. The first-order valence-electron chi connectivity index (χ1n) is 8.60. The molecule has 1 saturated heterocycles. The van der Waals surface area contributed by atoms with Gasteiger partial charge in [0.15, 0.2) is 0 Å². The van der Waals surface area contributed by atoms with Crippen LogP contribution in [0.5, 0.6) is 0 Å². The van der Waals surface area contributed by atoms with Gasteiger partial charge < -0.3 is 10.2 Å². The minimum Gasteiger partial charge on any atom is -0.333 e. The smallest absolute Gasteiger partial charge is 0.272 e. The van der Waals surface area contributed by atoms with Crippen LogP contribution in [0.2, 0.25) is 0 Å². The van der Waals surface area contributed by atoms with Crippen molar-refractivity contribution in [2.45, 2.75) is 39.7 Å². The maximum Gasteiger partial charge on any atom is 0.272 e. The fourth-order valence-corrected chi connectivity index (χ4v) is 3.45. The van der Waals surface area contributed by atoms with E-state index in [2.05, 4.69) is 27.5 Å². The van der Waals surface area contributed by atoms with E-state index in [0.29, 0.717) is 5.69 Å². The second-order valence-electron chi connectivity index (χ2n) is 6.48. The molecule has 25 heavy (non-hydrogen) atoms. The Balaban J connectivity index is 0.00000225. The molecule has 8 heteroatoms. The van der Waals surface area contributed by atoms with Crippen LogP contribution >= 0.6 is 12.4 Å². The molecule has 138 valence electrons. The van der Waals surface area contributed by atoms with Gasteiger partial charge in [0, 0.05) is 37.4 Å². The molecule has 2 aromatic heterocycles. The van der Waals surface area contributed by atoms with Gasteiger partial charge >= 0.3 is 0 Å². The Morgan fingerprint density at radius 1 is 1.44 bits per heavy atom. The summed E-state index contributed by atoms with van der Waals surface area (Å²) in [5.41, 5.74) is 4.29. The number of rotatable bonds is 5. The van der Waals surface area contributed by atoms with Crippen LogP contribution < -0.4 is 5.32 Å². The highest BCUT2D eigenvalue weighted by Gasteiger charge is 2.28. The lowest BCUT2D eigenvalue weighted by molar-refractivity contribution is 0.0686. The minimum atomic E-state index is 0. The van der Waals surface area contributed by atoms with Crippen molar-refractivity contribution in [1.82, 2.24) is 30.2 Å². The van der Waals surface area contributed by atoms with E-state index in [4.69, 9.17) is 0 Å². The van der Waals surface area contributed by atoms with E-state index >= 15 is 0 Å². The van der Waals surface area contributed by atoms with Gasteiger partial charge in [-0.3, -0.25) is 14.6 Å². The molecular formula is C17H27ClN6O. The number of H-pyrrole nitrogens is 1. The zero-order valence-electron chi connectivity index (χ0n) is 15.3. The van der Waals surface area contributed by atoms with Crippen molar-refractivity contribution < 1.29 is 4.79 Å². The number of halogens is 1. The summed E-state index contributed by atoms with van der Waals surface area (Å²) in [5, 5.41) is 15.1. The molecule has 7 nitrogen and oxygen atoms in total. The summed E-state index contributed by atoms with van der Waals surface area (Å²) in [4.78, 5) is 14.9. The van der Waals surface area contributed by atoms with Crippen molar-refractivity contribution in [3.8, 4) is 11.3 Å². The average Bonchev–Trinajstić information content (AvgIpc) is 3.27. The maximum absolute atomic E-state index is 12.9. The predicted octanol–water partition coefficient (Wildman–Crippen LogP) is 2.06. The molecule has 0 aromatic carbocycles. The summed E-state index contributed by atoms with van der Waals surface area (Å²) in [6, 6.07) is 2.12. The van der Waals surface area contributed by atoms with Gasteiger partial charge in [-0.2, -0.15) is 10.2 Å². The topological polar surface area (TPSA) is 78.8 Å². The first kappa shape index (κ1) is 19.5. The van der Waals surface area contributed by atoms with Crippen LogP contribution in [-0.2, 0) is 7.05 Å². The summed E-state index contributed by atoms with van der Waals surface area (Å²) in [6.45, 7) is 8.69. The van der Waals surface area contributed by atoms with Gasteiger partial charge in [-0.25, -0.2) is 0 Å². The van der Waals surface area contributed by atoms with Crippen LogP contribution in [0.3, 0.4) is 0 Å². The SMILES string of the molecule is CCCN(C(=O)c1cc(-c2c(C)nn(C)c2C)n[nH]1)C1CCNC1.Cl. The van der Waals surface area contributed by atoms with Gasteiger partial charge in [-0.1, -0.05) is 6.92 Å². The van der Waals surface area contributed by atoms with Crippen LogP contribution in [0, 0.1) is 13.8 Å². The Kier molecular flexibility index (Phi) is 6.24. The quantitative estimate of drug-likeness (QED) is 0.849. The lowest BCUT2D eigenvalue weighted by atomic mass is 10.1. The Hall–Kier alpha value is -1.86. The van der Waals surface area contributed by atoms with E-state index in [1.807, 2.05) is 36.5 Å². The largest absolute Gasteiger partial charge is 0.333 e. The summed E-state index contributed by atoms with van der Waals surface area (Å²) in [6.07, 6.45) is 1.96. The molecule has 1 unspecified atom stereocenters. The lowest BCUT2D eigenvalue weighted by Gasteiger charge is -2.27. The van der Waals surface area contributed by atoms with E-state index in [1.165, 1.54) is 0 Å². The third kappa shape index (κ3) is 3.72. The Bertz CT molecular complexity index is 732. The number of carbonyl (C=O) groups excluding carboxylic acids is 1. The lowest BCUT2D eigenvalue weighted by Crippen LogP contribution is -2.42. The fraction of sp³-hybridized carbons (Fsp3) is 0.588. The number of aromatic nitrogens is 4. The number of carbonyl (C=O) groups is 1. The Labute approximate surface area is 154 Å². The fourth-order valence-electron chi connectivity index (χ4n) is 3.45. The third-order valence-corrected chi connectivity index (χ3v) is 4.77. The number of amides is 1. The van der Waals surface area contributed by atoms with E-state index in [-0.39, 0.29) is 24.4 Å². The van der Waals surface area contributed by atoms with Gasteiger partial charge in [0.2, 0.25) is 0 Å². The van der Waals surface area contributed by atoms with Crippen molar-refractivity contribution in [3.63, 3.8) is 0 Å². The van der Waals surface area contributed by atoms with Crippen LogP contribution in [0.25, 0.3) is 11.3 Å². The summed E-state index contributed by atoms with van der Waals surface area (Å²) in [5.74, 6) is 0.0310. The molecular weight excluding hydrogens is 340 g/mol. The Morgan fingerprint density at radius 2 is 2.20 bits per heavy atom. The number of aromatic amines is 1. The standard InChI is InChI=1S/C17H26N6O.ClH/c1-5-8-23(13-6-7-18-10-13)17(24)15-9-14(19-20-15)16-11(2)21-22(4)12(16)3;/h9,13,18H,5-8,10H2,1-4H3,(H,19,20);1H. The third-order valence-electron chi connectivity index (χ3n) is 4.77. The second-order valence-corrected chi connectivity index (χ2v) is 6.48. The summed E-state index contributed by atoms with van der Waals surface area (Å²) >= 11 is 0. The highest BCUT2D eigenvalue weighted by molar-refractivity contribution is 5.93. The summed E-state index contributed by atoms with van der Waals surface area (Å²) < 4.78 is 1.84. The van der Waals surface area contributed by atoms with Crippen molar-refractivity contribution in [3.05, 3.63) is 23.1 Å². The zero-order valence-corrected chi connectivity index (χ0v) is 16.1.